The lowest BCUT2D eigenvalue weighted by atomic mass is 9.99. The minimum atomic E-state index is -0.421. The zero-order chi connectivity index (χ0) is 22.5. The number of amides is 2. The van der Waals surface area contributed by atoms with Gasteiger partial charge in [0.15, 0.2) is 0 Å². The van der Waals surface area contributed by atoms with Gasteiger partial charge in [-0.2, -0.15) is 0 Å². The molecule has 1 aliphatic rings. The Hall–Kier alpha value is -3.45. The van der Waals surface area contributed by atoms with E-state index in [2.05, 4.69) is 10.3 Å². The van der Waals surface area contributed by atoms with E-state index in [1.54, 1.807) is 29.7 Å². The molecule has 1 aromatic heterocycles. The zero-order valence-electron chi connectivity index (χ0n) is 18.0. The fraction of sp³-hybridized carbons (Fsp3) is 0.320. The second-order valence-electron chi connectivity index (χ2n) is 8.26. The molecule has 0 radical (unpaired) electrons. The third-order valence-corrected chi connectivity index (χ3v) is 5.99. The fourth-order valence-corrected chi connectivity index (χ4v) is 4.38. The van der Waals surface area contributed by atoms with E-state index in [0.29, 0.717) is 17.9 Å². The number of pyridine rings is 1. The molecule has 7 heteroatoms. The highest BCUT2D eigenvalue weighted by molar-refractivity contribution is 5.94. The molecule has 0 spiro atoms. The Bertz CT molecular complexity index is 1110. The van der Waals surface area contributed by atoms with Gasteiger partial charge in [-0.1, -0.05) is 24.6 Å². The van der Waals surface area contributed by atoms with E-state index in [-0.39, 0.29) is 24.3 Å². The third kappa shape index (κ3) is 5.06. The van der Waals surface area contributed by atoms with Crippen molar-refractivity contribution in [2.45, 2.75) is 45.3 Å². The van der Waals surface area contributed by atoms with Crippen molar-refractivity contribution in [3.63, 3.8) is 0 Å². The molecule has 0 aliphatic heterocycles. The number of benzene rings is 2. The number of fused-ring (bicyclic) bond motifs is 1. The predicted octanol–water partition coefficient (Wildman–Crippen LogP) is 3.92. The van der Waals surface area contributed by atoms with Crippen LogP contribution < -0.4 is 15.5 Å². The molecule has 0 bridgehead atoms. The monoisotopic (exact) mass is 433 g/mol. The lowest BCUT2D eigenvalue weighted by Gasteiger charge is -2.20. The second-order valence-corrected chi connectivity index (χ2v) is 8.26. The van der Waals surface area contributed by atoms with Gasteiger partial charge in [-0.15, -0.1) is 0 Å². The number of carbonyl (C=O) groups is 2. The number of hydrogen-bond donors (Lipinski definition) is 3. The van der Waals surface area contributed by atoms with Crippen LogP contribution in [-0.2, 0) is 11.4 Å². The van der Waals surface area contributed by atoms with Crippen LogP contribution in [0.25, 0.3) is 10.9 Å². The first kappa shape index (κ1) is 21.8. The highest BCUT2D eigenvalue weighted by Gasteiger charge is 2.30. The molecule has 3 N–H and O–H groups in total. The molecule has 1 saturated carbocycles. The van der Waals surface area contributed by atoms with Crippen molar-refractivity contribution in [3.8, 4) is 5.75 Å². The Morgan fingerprint density at radius 1 is 1.12 bits per heavy atom. The Morgan fingerprint density at radius 3 is 2.69 bits per heavy atom. The fourth-order valence-electron chi connectivity index (χ4n) is 4.38. The molecule has 0 unspecified atom stereocenters. The van der Waals surface area contributed by atoms with Crippen LogP contribution in [0.2, 0.25) is 0 Å². The number of nitrogens with zero attached hydrogens (tertiary/aromatic N) is 1. The van der Waals surface area contributed by atoms with Crippen molar-refractivity contribution in [1.29, 1.82) is 0 Å². The largest absolute Gasteiger partial charge is 0.489 e. The second kappa shape index (κ2) is 9.78. The van der Waals surface area contributed by atoms with E-state index < -0.39 is 5.91 Å². The number of hydroxylamine groups is 1. The molecule has 0 saturated heterocycles. The van der Waals surface area contributed by atoms with Crippen LogP contribution in [0.4, 0.5) is 0 Å². The van der Waals surface area contributed by atoms with Gasteiger partial charge in [-0.3, -0.25) is 19.8 Å². The highest BCUT2D eigenvalue weighted by atomic mass is 16.5. The molecular formula is C25H27N3O4. The van der Waals surface area contributed by atoms with Gasteiger partial charge in [0, 0.05) is 34.7 Å². The van der Waals surface area contributed by atoms with Crippen molar-refractivity contribution in [2.24, 2.45) is 5.92 Å². The molecule has 166 valence electrons. The quantitative estimate of drug-likeness (QED) is 0.387. The minimum Gasteiger partial charge on any atom is -0.489 e. The number of aryl methyl sites for hydroxylation is 1. The number of rotatable bonds is 7. The Kier molecular flexibility index (Phi) is 6.66. The summed E-state index contributed by atoms with van der Waals surface area (Å²) < 4.78 is 5.97. The standard InChI is InChI=1S/C25H27N3O4/c1-16-13-19(21-6-2-3-7-23(21)26-16)15-32-20-11-9-17(10-12-20)25(30)27-22-8-4-5-18(22)14-24(29)28-31/h2-3,6-7,9-13,18,22,31H,4-5,8,14-15H2,1H3,(H,27,30)(H,28,29)/t18-,22+/m0/s1. The maximum atomic E-state index is 12.7. The van der Waals surface area contributed by atoms with E-state index in [1.165, 1.54) is 0 Å². The third-order valence-electron chi connectivity index (χ3n) is 5.99. The zero-order valence-corrected chi connectivity index (χ0v) is 18.0. The van der Waals surface area contributed by atoms with Crippen molar-refractivity contribution in [1.82, 2.24) is 15.8 Å². The van der Waals surface area contributed by atoms with Gasteiger partial charge in [0.05, 0.1) is 5.52 Å². The molecule has 1 heterocycles. The first-order valence-electron chi connectivity index (χ1n) is 10.9. The molecule has 2 aromatic carbocycles. The summed E-state index contributed by atoms with van der Waals surface area (Å²) in [5.41, 5.74) is 5.16. The van der Waals surface area contributed by atoms with Crippen LogP contribution >= 0.6 is 0 Å². The molecule has 2 atom stereocenters. The summed E-state index contributed by atoms with van der Waals surface area (Å²) in [5.74, 6) is 0.120. The molecule has 2 amide bonds. The van der Waals surface area contributed by atoms with Gasteiger partial charge in [-0.05, 0) is 62.1 Å². The normalized spacial score (nSPS) is 17.8. The lowest BCUT2D eigenvalue weighted by molar-refractivity contribution is -0.130. The Labute approximate surface area is 186 Å². The van der Waals surface area contributed by atoms with Crippen LogP contribution in [0.1, 0.15) is 47.3 Å². The number of carbonyl (C=O) groups excluding carboxylic acids is 2. The topological polar surface area (TPSA) is 101 Å². The van der Waals surface area contributed by atoms with Gasteiger partial charge in [0.2, 0.25) is 5.91 Å². The van der Waals surface area contributed by atoms with Crippen molar-refractivity contribution < 1.29 is 19.5 Å². The van der Waals surface area contributed by atoms with Crippen LogP contribution in [-0.4, -0.2) is 28.0 Å². The molecule has 7 nitrogen and oxygen atoms in total. The van der Waals surface area contributed by atoms with Crippen LogP contribution in [0.15, 0.2) is 54.6 Å². The van der Waals surface area contributed by atoms with Gasteiger partial charge in [0.25, 0.3) is 5.91 Å². The molecule has 3 aromatic rings. The average Bonchev–Trinajstić information content (AvgIpc) is 3.23. The first-order valence-corrected chi connectivity index (χ1v) is 10.9. The number of para-hydroxylation sites is 1. The summed E-state index contributed by atoms with van der Waals surface area (Å²) in [7, 11) is 0. The van der Waals surface area contributed by atoms with Crippen molar-refractivity contribution >= 4 is 22.7 Å². The summed E-state index contributed by atoms with van der Waals surface area (Å²) in [6, 6.07) is 17.0. The molecule has 1 aliphatic carbocycles. The predicted molar refractivity (Wildman–Crippen MR) is 120 cm³/mol. The maximum absolute atomic E-state index is 12.7. The van der Waals surface area contributed by atoms with Gasteiger partial charge in [-0.25, -0.2) is 5.48 Å². The maximum Gasteiger partial charge on any atom is 0.251 e. The van der Waals surface area contributed by atoms with E-state index in [9.17, 15) is 9.59 Å². The van der Waals surface area contributed by atoms with Crippen LogP contribution in [0.3, 0.4) is 0 Å². The van der Waals surface area contributed by atoms with Crippen LogP contribution in [0.5, 0.6) is 5.75 Å². The summed E-state index contributed by atoms with van der Waals surface area (Å²) in [5, 5.41) is 12.8. The lowest BCUT2D eigenvalue weighted by Crippen LogP contribution is -2.39. The van der Waals surface area contributed by atoms with E-state index in [0.717, 1.165) is 41.4 Å². The number of ether oxygens (including phenoxy) is 1. The number of nitrogens with one attached hydrogen (secondary N) is 2. The molecule has 4 rings (SSSR count). The first-order chi connectivity index (χ1) is 15.5. The molecule has 32 heavy (non-hydrogen) atoms. The average molecular weight is 434 g/mol. The number of hydrogen-bond acceptors (Lipinski definition) is 5. The van der Waals surface area contributed by atoms with Crippen molar-refractivity contribution in [3.05, 3.63) is 71.4 Å². The molecule has 1 fully saturated rings. The summed E-state index contributed by atoms with van der Waals surface area (Å²) >= 11 is 0. The van der Waals surface area contributed by atoms with Crippen LogP contribution in [0, 0.1) is 12.8 Å². The van der Waals surface area contributed by atoms with Gasteiger partial charge >= 0.3 is 0 Å². The van der Waals surface area contributed by atoms with Crippen molar-refractivity contribution in [2.75, 3.05) is 0 Å². The van der Waals surface area contributed by atoms with Gasteiger partial charge < -0.3 is 10.1 Å². The summed E-state index contributed by atoms with van der Waals surface area (Å²) in [6.07, 6.45) is 2.84. The highest BCUT2D eigenvalue weighted by Crippen LogP contribution is 2.29. The SMILES string of the molecule is Cc1cc(COc2ccc(C(=O)N[C@@H]3CCC[C@H]3CC(=O)NO)cc2)c2ccccc2n1. The smallest absolute Gasteiger partial charge is 0.251 e. The van der Waals surface area contributed by atoms with Gasteiger partial charge in [0.1, 0.15) is 12.4 Å². The molecular weight excluding hydrogens is 406 g/mol. The summed E-state index contributed by atoms with van der Waals surface area (Å²) in [4.78, 5) is 28.7. The Balaban J connectivity index is 1.37. The van der Waals surface area contributed by atoms with E-state index in [4.69, 9.17) is 9.94 Å². The van der Waals surface area contributed by atoms with E-state index in [1.807, 2.05) is 37.3 Å². The Morgan fingerprint density at radius 2 is 1.91 bits per heavy atom. The number of aromatic nitrogens is 1. The van der Waals surface area contributed by atoms with E-state index >= 15 is 0 Å². The summed E-state index contributed by atoms with van der Waals surface area (Å²) in [6.45, 7) is 2.38. The minimum absolute atomic E-state index is 0.0346.